The molecule has 0 fully saturated rings. The number of carbonyl (C=O) groups is 2. The van der Waals surface area contributed by atoms with Crippen LogP contribution in [0.5, 0.6) is 0 Å². The van der Waals surface area contributed by atoms with Gasteiger partial charge in [-0.25, -0.2) is 15.4 Å². The van der Waals surface area contributed by atoms with Gasteiger partial charge in [-0.15, -0.1) is 0 Å². The van der Waals surface area contributed by atoms with Crippen LogP contribution in [0.15, 0.2) is 17.4 Å². The van der Waals surface area contributed by atoms with Crippen molar-refractivity contribution in [2.24, 2.45) is 5.10 Å². The van der Waals surface area contributed by atoms with E-state index in [2.05, 4.69) is 25.8 Å². The van der Waals surface area contributed by atoms with Crippen molar-refractivity contribution in [3.8, 4) is 0 Å². The van der Waals surface area contributed by atoms with Crippen molar-refractivity contribution < 1.29 is 9.59 Å². The monoisotopic (exact) mass is 253 g/mol. The van der Waals surface area contributed by atoms with E-state index < -0.39 is 5.91 Å². The molecule has 1 aromatic rings. The second-order valence-electron chi connectivity index (χ2n) is 3.26. The minimum absolute atomic E-state index is 0.0432. The van der Waals surface area contributed by atoms with Gasteiger partial charge in [0, 0.05) is 19.0 Å². The summed E-state index contributed by atoms with van der Waals surface area (Å²) in [5, 5.41) is 6.21. The number of hydrogen-bond acceptors (Lipinski definition) is 5. The summed E-state index contributed by atoms with van der Waals surface area (Å²) in [6.07, 6.45) is 1.97. The van der Waals surface area contributed by atoms with Crippen molar-refractivity contribution in [2.75, 3.05) is 5.32 Å². The highest BCUT2D eigenvalue weighted by Gasteiger charge is 2.18. The van der Waals surface area contributed by atoms with Crippen LogP contribution in [0, 0.1) is 0 Å². The highest BCUT2D eigenvalue weighted by atomic mass is 35.5. The SMILES string of the molecule is O=C1CCC(C(=O)Nc2ccnc(Cl)n2)=NN1. The Kier molecular flexibility index (Phi) is 3.29. The number of nitrogens with one attached hydrogen (secondary N) is 2. The normalized spacial score (nSPS) is 14.9. The largest absolute Gasteiger partial charge is 0.305 e. The van der Waals surface area contributed by atoms with Crippen LogP contribution < -0.4 is 10.7 Å². The van der Waals surface area contributed by atoms with Crippen LogP contribution in [0.1, 0.15) is 12.8 Å². The first kappa shape index (κ1) is 11.5. The van der Waals surface area contributed by atoms with E-state index in [4.69, 9.17) is 11.6 Å². The van der Waals surface area contributed by atoms with Crippen LogP contribution in [-0.4, -0.2) is 27.5 Å². The summed E-state index contributed by atoms with van der Waals surface area (Å²) in [7, 11) is 0. The van der Waals surface area contributed by atoms with E-state index in [0.717, 1.165) is 0 Å². The van der Waals surface area contributed by atoms with Gasteiger partial charge in [0.15, 0.2) is 0 Å². The Labute approximate surface area is 101 Å². The van der Waals surface area contributed by atoms with Crippen LogP contribution in [0.2, 0.25) is 5.28 Å². The molecule has 1 aromatic heterocycles. The molecule has 0 bridgehead atoms. The lowest BCUT2D eigenvalue weighted by atomic mass is 10.1. The van der Waals surface area contributed by atoms with Crippen LogP contribution in [0.25, 0.3) is 0 Å². The topological polar surface area (TPSA) is 96.3 Å². The number of hydrazone groups is 1. The molecule has 0 unspecified atom stereocenters. The molecule has 7 nitrogen and oxygen atoms in total. The number of carbonyl (C=O) groups excluding carboxylic acids is 2. The molecule has 17 heavy (non-hydrogen) atoms. The maximum Gasteiger partial charge on any atom is 0.273 e. The van der Waals surface area contributed by atoms with Crippen molar-refractivity contribution in [2.45, 2.75) is 12.8 Å². The zero-order valence-electron chi connectivity index (χ0n) is 8.61. The van der Waals surface area contributed by atoms with Crippen LogP contribution in [0.4, 0.5) is 5.82 Å². The molecule has 0 spiro atoms. The second-order valence-corrected chi connectivity index (χ2v) is 3.60. The van der Waals surface area contributed by atoms with E-state index in [0.29, 0.717) is 6.42 Å². The summed E-state index contributed by atoms with van der Waals surface area (Å²) in [6, 6.07) is 1.51. The number of anilines is 1. The van der Waals surface area contributed by atoms with Gasteiger partial charge in [0.05, 0.1) is 0 Å². The standard InChI is InChI=1S/C9H8ClN5O2/c10-9-11-4-3-6(13-9)12-8(17)5-1-2-7(16)15-14-5/h3-4H,1-2H2,(H,15,16)(H,11,12,13,17). The Morgan fingerprint density at radius 1 is 1.47 bits per heavy atom. The Balaban J connectivity index is 2.04. The smallest absolute Gasteiger partial charge is 0.273 e. The van der Waals surface area contributed by atoms with Gasteiger partial charge in [-0.05, 0) is 17.7 Å². The third kappa shape index (κ3) is 2.97. The van der Waals surface area contributed by atoms with E-state index in [9.17, 15) is 9.59 Å². The molecule has 2 heterocycles. The number of amides is 2. The van der Waals surface area contributed by atoms with Crippen LogP contribution >= 0.6 is 11.6 Å². The predicted molar refractivity (Wildman–Crippen MR) is 60.5 cm³/mol. The van der Waals surface area contributed by atoms with Crippen molar-refractivity contribution in [3.63, 3.8) is 0 Å². The first-order valence-corrected chi connectivity index (χ1v) is 5.18. The van der Waals surface area contributed by atoms with E-state index in [1.54, 1.807) is 0 Å². The molecular weight excluding hydrogens is 246 g/mol. The van der Waals surface area contributed by atoms with Gasteiger partial charge < -0.3 is 5.32 Å². The number of nitrogens with zero attached hydrogens (tertiary/aromatic N) is 3. The van der Waals surface area contributed by atoms with Crippen LogP contribution in [0.3, 0.4) is 0 Å². The summed E-state index contributed by atoms with van der Waals surface area (Å²) in [5.74, 6) is -0.332. The third-order valence-corrected chi connectivity index (χ3v) is 2.22. The average Bonchev–Trinajstić information content (AvgIpc) is 2.29. The summed E-state index contributed by atoms with van der Waals surface area (Å²) >= 11 is 5.57. The Hall–Kier alpha value is -2.02. The molecule has 0 aliphatic carbocycles. The lowest BCUT2D eigenvalue weighted by molar-refractivity contribution is -0.121. The first-order chi connectivity index (χ1) is 8.15. The molecule has 1 aliphatic heterocycles. The lowest BCUT2D eigenvalue weighted by Gasteiger charge is -2.11. The predicted octanol–water partition coefficient (Wildman–Crippen LogP) is 0.334. The first-order valence-electron chi connectivity index (χ1n) is 4.80. The fourth-order valence-electron chi connectivity index (χ4n) is 1.23. The van der Waals surface area contributed by atoms with Gasteiger partial charge in [-0.1, -0.05) is 0 Å². The maximum absolute atomic E-state index is 11.7. The lowest BCUT2D eigenvalue weighted by Crippen LogP contribution is -2.32. The van der Waals surface area contributed by atoms with Gasteiger partial charge in [0.2, 0.25) is 11.2 Å². The number of halogens is 1. The number of hydrogen-bond donors (Lipinski definition) is 2. The number of aromatic nitrogens is 2. The molecule has 0 aromatic carbocycles. The third-order valence-electron chi connectivity index (χ3n) is 2.03. The molecular formula is C9H8ClN5O2. The van der Waals surface area contributed by atoms with E-state index in [1.807, 2.05) is 0 Å². The Morgan fingerprint density at radius 2 is 2.29 bits per heavy atom. The Bertz CT molecular complexity index is 502. The average molecular weight is 254 g/mol. The zero-order valence-corrected chi connectivity index (χ0v) is 9.36. The molecule has 2 amide bonds. The van der Waals surface area contributed by atoms with Crippen LogP contribution in [-0.2, 0) is 9.59 Å². The minimum atomic E-state index is -0.417. The van der Waals surface area contributed by atoms with Gasteiger partial charge in [0.1, 0.15) is 11.5 Å². The molecule has 0 saturated heterocycles. The van der Waals surface area contributed by atoms with Crippen molar-refractivity contribution in [3.05, 3.63) is 17.5 Å². The highest BCUT2D eigenvalue weighted by Crippen LogP contribution is 2.07. The van der Waals surface area contributed by atoms with Gasteiger partial charge in [-0.2, -0.15) is 5.10 Å². The zero-order chi connectivity index (χ0) is 12.3. The molecule has 8 heteroatoms. The molecule has 0 saturated carbocycles. The summed E-state index contributed by atoms with van der Waals surface area (Å²) in [6.45, 7) is 0. The molecule has 88 valence electrons. The van der Waals surface area contributed by atoms with Gasteiger partial charge in [-0.3, -0.25) is 9.59 Å². The maximum atomic E-state index is 11.7. The van der Waals surface area contributed by atoms with Gasteiger partial charge in [0.25, 0.3) is 5.91 Å². The van der Waals surface area contributed by atoms with E-state index in [1.165, 1.54) is 12.3 Å². The molecule has 0 atom stereocenters. The van der Waals surface area contributed by atoms with Crippen molar-refractivity contribution in [1.29, 1.82) is 0 Å². The van der Waals surface area contributed by atoms with Crippen molar-refractivity contribution in [1.82, 2.24) is 15.4 Å². The quantitative estimate of drug-likeness (QED) is 0.743. The fourth-order valence-corrected chi connectivity index (χ4v) is 1.38. The fraction of sp³-hybridized carbons (Fsp3) is 0.222. The summed E-state index contributed by atoms with van der Waals surface area (Å²) in [5.41, 5.74) is 2.49. The molecule has 2 N–H and O–H groups in total. The molecule has 2 rings (SSSR count). The minimum Gasteiger partial charge on any atom is -0.305 e. The number of rotatable bonds is 2. The Morgan fingerprint density at radius 3 is 2.94 bits per heavy atom. The second kappa shape index (κ2) is 4.88. The van der Waals surface area contributed by atoms with Crippen molar-refractivity contribution >= 4 is 34.9 Å². The van der Waals surface area contributed by atoms with E-state index in [-0.39, 0.29) is 29.1 Å². The molecule has 0 radical (unpaired) electrons. The van der Waals surface area contributed by atoms with E-state index >= 15 is 0 Å². The summed E-state index contributed by atoms with van der Waals surface area (Å²) < 4.78 is 0. The summed E-state index contributed by atoms with van der Waals surface area (Å²) in [4.78, 5) is 30.0. The van der Waals surface area contributed by atoms with Gasteiger partial charge >= 0.3 is 0 Å². The highest BCUT2D eigenvalue weighted by molar-refractivity contribution is 6.43. The molecule has 1 aliphatic rings.